The van der Waals surface area contributed by atoms with Crippen LogP contribution in [0, 0.1) is 5.41 Å². The van der Waals surface area contributed by atoms with Crippen molar-refractivity contribution < 1.29 is 9.53 Å². The molecule has 92 valence electrons. The van der Waals surface area contributed by atoms with Gasteiger partial charge in [-0.1, -0.05) is 32.0 Å². The van der Waals surface area contributed by atoms with Crippen LogP contribution < -0.4 is 4.74 Å². The lowest BCUT2D eigenvalue weighted by Gasteiger charge is -2.44. The lowest BCUT2D eigenvalue weighted by atomic mass is 9.64. The van der Waals surface area contributed by atoms with Crippen molar-refractivity contribution in [3.8, 4) is 5.75 Å². The molecule has 0 heterocycles. The first-order chi connectivity index (χ1) is 8.11. The average molecular weight is 232 g/mol. The molecular weight excluding hydrogens is 212 g/mol. The molecule has 1 aromatic rings. The van der Waals surface area contributed by atoms with Crippen molar-refractivity contribution in [2.45, 2.75) is 46.1 Å². The molecule has 0 N–H and O–H groups in total. The van der Waals surface area contributed by atoms with E-state index in [1.54, 1.807) is 0 Å². The third-order valence-corrected chi connectivity index (χ3v) is 4.08. The zero-order valence-electron chi connectivity index (χ0n) is 10.8. The van der Waals surface area contributed by atoms with Gasteiger partial charge in [-0.3, -0.25) is 4.79 Å². The highest BCUT2D eigenvalue weighted by atomic mass is 16.5. The van der Waals surface area contributed by atoms with Crippen LogP contribution in [0.2, 0.25) is 0 Å². The van der Waals surface area contributed by atoms with Crippen LogP contribution in [0.3, 0.4) is 0 Å². The van der Waals surface area contributed by atoms with Gasteiger partial charge in [0.25, 0.3) is 0 Å². The summed E-state index contributed by atoms with van der Waals surface area (Å²) >= 11 is 0. The molecule has 1 aliphatic rings. The molecule has 1 aromatic carbocycles. The van der Waals surface area contributed by atoms with Gasteiger partial charge >= 0.3 is 0 Å². The number of rotatable bonds is 4. The molecule has 1 saturated carbocycles. The minimum Gasteiger partial charge on any atom is -0.489 e. The van der Waals surface area contributed by atoms with Gasteiger partial charge in [-0.15, -0.1) is 0 Å². The van der Waals surface area contributed by atoms with Gasteiger partial charge in [-0.25, -0.2) is 0 Å². The molecule has 0 spiro atoms. The third kappa shape index (κ3) is 1.97. The van der Waals surface area contributed by atoms with Gasteiger partial charge in [-0.2, -0.15) is 0 Å². The lowest BCUT2D eigenvalue weighted by Crippen LogP contribution is -2.54. The molecule has 0 bridgehead atoms. The van der Waals surface area contributed by atoms with Crippen molar-refractivity contribution in [1.82, 2.24) is 0 Å². The van der Waals surface area contributed by atoms with E-state index >= 15 is 0 Å². The summed E-state index contributed by atoms with van der Waals surface area (Å²) in [6.07, 6.45) is 2.42. The van der Waals surface area contributed by atoms with Gasteiger partial charge in [0.1, 0.15) is 17.6 Å². The van der Waals surface area contributed by atoms with Gasteiger partial charge in [0.15, 0.2) is 0 Å². The summed E-state index contributed by atoms with van der Waals surface area (Å²) in [4.78, 5) is 11.7. The van der Waals surface area contributed by atoms with Crippen molar-refractivity contribution in [1.29, 1.82) is 0 Å². The molecule has 1 fully saturated rings. The fourth-order valence-corrected chi connectivity index (χ4v) is 2.34. The molecule has 1 aliphatic carbocycles. The predicted molar refractivity (Wildman–Crippen MR) is 68.3 cm³/mol. The van der Waals surface area contributed by atoms with Crippen LogP contribution >= 0.6 is 0 Å². The summed E-state index contributed by atoms with van der Waals surface area (Å²) in [7, 11) is 0. The Kier molecular flexibility index (Phi) is 3.23. The summed E-state index contributed by atoms with van der Waals surface area (Å²) in [5.74, 6) is 1.27. The Hall–Kier alpha value is -1.31. The number of ketones is 1. The normalized spacial score (nSPS) is 27.7. The first-order valence-corrected chi connectivity index (χ1v) is 6.39. The number of aryl methyl sites for hydroxylation is 1. The SMILES string of the molecule is CCc1ccccc1OC1CC(=O)C1(C)CC. The molecule has 2 unspecified atom stereocenters. The Morgan fingerprint density at radius 2 is 2.06 bits per heavy atom. The number of Topliss-reactive ketones (excluding diaryl/α,β-unsaturated/α-hetero) is 1. The zero-order chi connectivity index (χ0) is 12.5. The number of para-hydroxylation sites is 1. The van der Waals surface area contributed by atoms with E-state index < -0.39 is 0 Å². The summed E-state index contributed by atoms with van der Waals surface area (Å²) in [5.41, 5.74) is 0.936. The monoisotopic (exact) mass is 232 g/mol. The number of hydrogen-bond donors (Lipinski definition) is 0. The highest BCUT2D eigenvalue weighted by Crippen LogP contribution is 2.42. The number of hydrogen-bond acceptors (Lipinski definition) is 2. The number of carbonyl (C=O) groups excluding carboxylic acids is 1. The highest BCUT2D eigenvalue weighted by Gasteiger charge is 2.51. The maximum atomic E-state index is 11.7. The van der Waals surface area contributed by atoms with E-state index in [-0.39, 0.29) is 11.5 Å². The van der Waals surface area contributed by atoms with Gasteiger partial charge < -0.3 is 4.74 Å². The number of benzene rings is 1. The van der Waals surface area contributed by atoms with Crippen LogP contribution in [0.5, 0.6) is 5.75 Å². The molecule has 0 aromatic heterocycles. The van der Waals surface area contributed by atoms with Crippen molar-refractivity contribution in [3.63, 3.8) is 0 Å². The second-order valence-electron chi connectivity index (χ2n) is 4.97. The fourth-order valence-electron chi connectivity index (χ4n) is 2.34. The maximum absolute atomic E-state index is 11.7. The first-order valence-electron chi connectivity index (χ1n) is 6.39. The molecule has 0 amide bonds. The van der Waals surface area contributed by atoms with Crippen molar-refractivity contribution in [3.05, 3.63) is 29.8 Å². The fraction of sp³-hybridized carbons (Fsp3) is 0.533. The summed E-state index contributed by atoms with van der Waals surface area (Å²) in [6.45, 7) is 6.18. The minimum atomic E-state index is -0.277. The Morgan fingerprint density at radius 1 is 1.35 bits per heavy atom. The standard InChI is InChI=1S/C15H20O2/c1-4-11-8-6-7-9-12(11)17-14-10-13(16)15(14,3)5-2/h6-9,14H,4-5,10H2,1-3H3. The molecular formula is C15H20O2. The van der Waals surface area contributed by atoms with E-state index in [2.05, 4.69) is 19.9 Å². The Balaban J connectivity index is 2.15. The van der Waals surface area contributed by atoms with E-state index in [1.807, 2.05) is 25.1 Å². The number of ether oxygens (including phenoxy) is 1. The van der Waals surface area contributed by atoms with E-state index in [9.17, 15) is 4.79 Å². The Morgan fingerprint density at radius 3 is 2.65 bits per heavy atom. The van der Waals surface area contributed by atoms with Gasteiger partial charge in [0.05, 0.1) is 5.41 Å². The van der Waals surface area contributed by atoms with Crippen molar-refractivity contribution >= 4 is 5.78 Å². The van der Waals surface area contributed by atoms with Crippen LogP contribution in [-0.4, -0.2) is 11.9 Å². The van der Waals surface area contributed by atoms with Crippen molar-refractivity contribution in [2.75, 3.05) is 0 Å². The number of carbonyl (C=O) groups is 1. The zero-order valence-corrected chi connectivity index (χ0v) is 10.8. The van der Waals surface area contributed by atoms with Crippen LogP contribution in [-0.2, 0) is 11.2 Å². The maximum Gasteiger partial charge on any atom is 0.146 e. The topological polar surface area (TPSA) is 26.3 Å². The molecule has 2 atom stereocenters. The molecule has 0 saturated heterocycles. The largest absolute Gasteiger partial charge is 0.489 e. The van der Waals surface area contributed by atoms with E-state index in [0.717, 1.165) is 18.6 Å². The van der Waals surface area contributed by atoms with Crippen LogP contribution in [0.25, 0.3) is 0 Å². The van der Waals surface area contributed by atoms with Gasteiger partial charge in [-0.05, 0) is 31.4 Å². The first kappa shape index (κ1) is 12.2. The molecule has 2 heteroatoms. The Bertz CT molecular complexity index is 425. The summed E-state index contributed by atoms with van der Waals surface area (Å²) in [6, 6.07) is 8.09. The minimum absolute atomic E-state index is 0.0488. The summed E-state index contributed by atoms with van der Waals surface area (Å²) in [5, 5.41) is 0. The second kappa shape index (κ2) is 4.52. The predicted octanol–water partition coefficient (Wildman–Crippen LogP) is 3.39. The molecule has 17 heavy (non-hydrogen) atoms. The Labute approximate surface area is 103 Å². The summed E-state index contributed by atoms with van der Waals surface area (Å²) < 4.78 is 6.03. The van der Waals surface area contributed by atoms with E-state index in [1.165, 1.54) is 5.56 Å². The smallest absolute Gasteiger partial charge is 0.146 e. The third-order valence-electron chi connectivity index (χ3n) is 4.08. The quantitative estimate of drug-likeness (QED) is 0.795. The molecule has 2 rings (SSSR count). The molecule has 0 aliphatic heterocycles. The van der Waals surface area contributed by atoms with E-state index in [4.69, 9.17) is 4.74 Å². The van der Waals surface area contributed by atoms with Crippen molar-refractivity contribution in [2.24, 2.45) is 5.41 Å². The van der Waals surface area contributed by atoms with E-state index in [0.29, 0.717) is 12.2 Å². The van der Waals surface area contributed by atoms with Crippen LogP contribution in [0.1, 0.15) is 39.2 Å². The van der Waals surface area contributed by atoms with Gasteiger partial charge in [0, 0.05) is 6.42 Å². The molecule has 2 nitrogen and oxygen atoms in total. The van der Waals surface area contributed by atoms with Crippen LogP contribution in [0.15, 0.2) is 24.3 Å². The lowest BCUT2D eigenvalue weighted by molar-refractivity contribution is -0.150. The van der Waals surface area contributed by atoms with Gasteiger partial charge in [0.2, 0.25) is 0 Å². The highest BCUT2D eigenvalue weighted by molar-refractivity contribution is 5.92. The molecule has 0 radical (unpaired) electrons. The average Bonchev–Trinajstić information content (AvgIpc) is 2.37. The second-order valence-corrected chi connectivity index (χ2v) is 4.97. The van der Waals surface area contributed by atoms with Crippen LogP contribution in [0.4, 0.5) is 0 Å².